The fourth-order valence-corrected chi connectivity index (χ4v) is 3.87. The summed E-state index contributed by atoms with van der Waals surface area (Å²) in [6.07, 6.45) is 0.569. The van der Waals surface area contributed by atoms with Gasteiger partial charge in [0.15, 0.2) is 0 Å². The summed E-state index contributed by atoms with van der Waals surface area (Å²) in [5.74, 6) is -0.865. The van der Waals surface area contributed by atoms with Crippen molar-refractivity contribution in [2.75, 3.05) is 12.4 Å². The Bertz CT molecular complexity index is 993. The van der Waals surface area contributed by atoms with Crippen LogP contribution in [0.5, 0.6) is 0 Å². The van der Waals surface area contributed by atoms with Crippen molar-refractivity contribution >= 4 is 67.9 Å². The highest BCUT2D eigenvalue weighted by Crippen LogP contribution is 2.34. The Morgan fingerprint density at radius 3 is 2.92 bits per heavy atom. The van der Waals surface area contributed by atoms with E-state index in [0.29, 0.717) is 16.8 Å². The lowest BCUT2D eigenvalue weighted by molar-refractivity contribution is -0.109. The SMILES string of the molecule is COC(=O)c1c(Nc2ccc(I)cc2F)nc(CNC=O)c2ccsc12. The number of carbonyl (C=O) groups excluding carboxylic acids is 2. The van der Waals surface area contributed by atoms with Gasteiger partial charge in [0.05, 0.1) is 29.7 Å². The molecule has 3 aromatic rings. The van der Waals surface area contributed by atoms with Gasteiger partial charge in [-0.3, -0.25) is 4.79 Å². The molecule has 1 aromatic carbocycles. The van der Waals surface area contributed by atoms with Crippen molar-refractivity contribution in [2.24, 2.45) is 0 Å². The van der Waals surface area contributed by atoms with Crippen LogP contribution in [0.3, 0.4) is 0 Å². The molecule has 2 heterocycles. The van der Waals surface area contributed by atoms with Crippen molar-refractivity contribution in [2.45, 2.75) is 6.54 Å². The summed E-state index contributed by atoms with van der Waals surface area (Å²) in [6.45, 7) is 0.183. The van der Waals surface area contributed by atoms with Crippen LogP contribution in [0, 0.1) is 9.39 Å². The van der Waals surface area contributed by atoms with Crippen LogP contribution in [0.1, 0.15) is 16.1 Å². The van der Waals surface area contributed by atoms with E-state index in [9.17, 15) is 14.0 Å². The zero-order valence-electron chi connectivity index (χ0n) is 13.5. The molecule has 1 amide bonds. The van der Waals surface area contributed by atoms with Crippen LogP contribution in [-0.2, 0) is 16.1 Å². The maximum absolute atomic E-state index is 14.2. The third-order valence-corrected chi connectivity index (χ3v) is 5.22. The number of hydrogen-bond donors (Lipinski definition) is 2. The number of pyridine rings is 1. The fraction of sp³-hybridized carbons (Fsp3) is 0.118. The van der Waals surface area contributed by atoms with Gasteiger partial charge in [0.25, 0.3) is 0 Å². The van der Waals surface area contributed by atoms with Crippen LogP contribution < -0.4 is 10.6 Å². The molecule has 0 spiro atoms. The molecule has 0 fully saturated rings. The number of amides is 1. The number of aromatic nitrogens is 1. The largest absolute Gasteiger partial charge is 0.465 e. The summed E-state index contributed by atoms with van der Waals surface area (Å²) in [6, 6.07) is 6.50. The lowest BCUT2D eigenvalue weighted by Gasteiger charge is -2.14. The summed E-state index contributed by atoms with van der Waals surface area (Å²) in [5, 5.41) is 8.00. The molecule has 6 nitrogen and oxygen atoms in total. The number of halogens is 2. The first kappa shape index (κ1) is 18.5. The third-order valence-electron chi connectivity index (χ3n) is 3.61. The molecular weight excluding hydrogens is 472 g/mol. The molecule has 2 aromatic heterocycles. The lowest BCUT2D eigenvalue weighted by atomic mass is 10.1. The van der Waals surface area contributed by atoms with Gasteiger partial charge in [-0.1, -0.05) is 0 Å². The molecule has 0 bridgehead atoms. The number of anilines is 2. The smallest absolute Gasteiger partial charge is 0.343 e. The topological polar surface area (TPSA) is 80.3 Å². The van der Waals surface area contributed by atoms with Gasteiger partial charge in [0.2, 0.25) is 6.41 Å². The number of fused-ring (bicyclic) bond motifs is 1. The van der Waals surface area contributed by atoms with Gasteiger partial charge in [0, 0.05) is 8.96 Å². The minimum atomic E-state index is -0.576. The second-order valence-corrected chi connectivity index (χ2v) is 7.35. The van der Waals surface area contributed by atoms with E-state index in [0.717, 1.165) is 8.96 Å². The molecule has 0 unspecified atom stereocenters. The Hall–Kier alpha value is -2.27. The van der Waals surface area contributed by atoms with Crippen LogP contribution in [0.4, 0.5) is 15.9 Å². The summed E-state index contributed by atoms with van der Waals surface area (Å²) in [4.78, 5) is 27.4. The van der Waals surface area contributed by atoms with Crippen LogP contribution >= 0.6 is 33.9 Å². The molecule has 0 atom stereocenters. The third kappa shape index (κ3) is 3.63. The molecule has 2 N–H and O–H groups in total. The van der Waals surface area contributed by atoms with Crippen molar-refractivity contribution in [3.8, 4) is 0 Å². The molecule has 0 aliphatic carbocycles. The molecule has 9 heteroatoms. The van der Waals surface area contributed by atoms with E-state index in [1.165, 1.54) is 24.5 Å². The van der Waals surface area contributed by atoms with Crippen molar-refractivity contribution in [3.05, 3.63) is 50.3 Å². The van der Waals surface area contributed by atoms with Crippen LogP contribution in [0.25, 0.3) is 10.1 Å². The van der Waals surface area contributed by atoms with Crippen molar-refractivity contribution in [1.82, 2.24) is 10.3 Å². The van der Waals surface area contributed by atoms with E-state index in [1.54, 1.807) is 12.1 Å². The van der Waals surface area contributed by atoms with Gasteiger partial charge < -0.3 is 15.4 Å². The second kappa shape index (κ2) is 7.96. The Morgan fingerprint density at radius 2 is 2.23 bits per heavy atom. The molecule has 0 aliphatic heterocycles. The zero-order valence-corrected chi connectivity index (χ0v) is 16.5. The first-order valence-electron chi connectivity index (χ1n) is 7.42. The highest BCUT2D eigenvalue weighted by molar-refractivity contribution is 14.1. The maximum atomic E-state index is 14.2. The number of esters is 1. The van der Waals surface area contributed by atoms with Gasteiger partial charge in [-0.25, -0.2) is 14.2 Å². The van der Waals surface area contributed by atoms with E-state index >= 15 is 0 Å². The van der Waals surface area contributed by atoms with Crippen LogP contribution in [-0.4, -0.2) is 24.5 Å². The molecular formula is C17H13FIN3O3S. The Morgan fingerprint density at radius 1 is 1.42 bits per heavy atom. The van der Waals surface area contributed by atoms with E-state index in [4.69, 9.17) is 4.74 Å². The normalized spacial score (nSPS) is 10.6. The minimum absolute atomic E-state index is 0.176. The average molecular weight is 485 g/mol. The quantitative estimate of drug-likeness (QED) is 0.316. The Balaban J connectivity index is 2.17. The maximum Gasteiger partial charge on any atom is 0.343 e. The second-order valence-electron chi connectivity index (χ2n) is 5.19. The van der Waals surface area contributed by atoms with Crippen molar-refractivity contribution < 1.29 is 18.7 Å². The zero-order chi connectivity index (χ0) is 18.7. The molecule has 134 valence electrons. The Kier molecular flexibility index (Phi) is 5.67. The number of benzene rings is 1. The van der Waals surface area contributed by atoms with E-state index in [-0.39, 0.29) is 23.6 Å². The van der Waals surface area contributed by atoms with Gasteiger partial charge in [-0.2, -0.15) is 0 Å². The number of nitrogens with one attached hydrogen (secondary N) is 2. The molecule has 0 saturated carbocycles. The van der Waals surface area contributed by atoms with Gasteiger partial charge in [-0.15, -0.1) is 11.3 Å². The molecule has 26 heavy (non-hydrogen) atoms. The highest BCUT2D eigenvalue weighted by atomic mass is 127. The number of rotatable bonds is 6. The predicted octanol–water partition coefficient (Wildman–Crippen LogP) is 3.82. The number of hydrogen-bond acceptors (Lipinski definition) is 6. The molecule has 0 aliphatic rings. The van der Waals surface area contributed by atoms with E-state index in [2.05, 4.69) is 15.6 Å². The summed E-state index contributed by atoms with van der Waals surface area (Å²) < 4.78 is 20.5. The summed E-state index contributed by atoms with van der Waals surface area (Å²) >= 11 is 3.36. The van der Waals surface area contributed by atoms with Gasteiger partial charge in [-0.05, 0) is 52.2 Å². The van der Waals surface area contributed by atoms with E-state index < -0.39 is 11.8 Å². The van der Waals surface area contributed by atoms with Gasteiger partial charge >= 0.3 is 5.97 Å². The monoisotopic (exact) mass is 485 g/mol. The first-order chi connectivity index (χ1) is 12.5. The molecule has 0 radical (unpaired) electrons. The van der Waals surface area contributed by atoms with Crippen LogP contribution in [0.2, 0.25) is 0 Å². The van der Waals surface area contributed by atoms with Gasteiger partial charge in [0.1, 0.15) is 17.2 Å². The molecule has 3 rings (SSSR count). The fourth-order valence-electron chi connectivity index (χ4n) is 2.46. The Labute approximate surface area is 165 Å². The minimum Gasteiger partial charge on any atom is -0.465 e. The average Bonchev–Trinajstić information content (AvgIpc) is 3.11. The lowest BCUT2D eigenvalue weighted by Crippen LogP contribution is -2.15. The number of ether oxygens (including phenoxy) is 1. The standard InChI is InChI=1S/C17H13FIN3O3S/c1-25-17(24)14-15-10(4-5-26-15)13(7-20-8-23)22-16(14)21-12-3-2-9(19)6-11(12)18/h2-6,8H,7H2,1H3,(H,20,23)(H,21,22). The summed E-state index contributed by atoms with van der Waals surface area (Å²) in [7, 11) is 1.28. The van der Waals surface area contributed by atoms with Crippen molar-refractivity contribution in [3.63, 3.8) is 0 Å². The number of carbonyl (C=O) groups is 2. The molecule has 0 saturated heterocycles. The highest BCUT2D eigenvalue weighted by Gasteiger charge is 2.22. The van der Waals surface area contributed by atoms with E-state index in [1.807, 2.05) is 34.0 Å². The number of nitrogens with zero attached hydrogens (tertiary/aromatic N) is 1. The first-order valence-corrected chi connectivity index (χ1v) is 9.38. The van der Waals surface area contributed by atoms with Crippen molar-refractivity contribution in [1.29, 1.82) is 0 Å². The number of thiophene rings is 1. The van der Waals surface area contributed by atoms with Crippen LogP contribution in [0.15, 0.2) is 29.6 Å². The predicted molar refractivity (Wildman–Crippen MR) is 106 cm³/mol. The number of methoxy groups -OCH3 is 1. The summed E-state index contributed by atoms with van der Waals surface area (Å²) in [5.41, 5.74) is 0.980.